The largest absolute Gasteiger partial charge is 0.481 e. The van der Waals surface area contributed by atoms with Gasteiger partial charge in [-0.2, -0.15) is 0 Å². The minimum atomic E-state index is -0.697. The van der Waals surface area contributed by atoms with Gasteiger partial charge in [-0.05, 0) is 34.5 Å². The summed E-state index contributed by atoms with van der Waals surface area (Å²) >= 11 is 5.11. The Morgan fingerprint density at radius 1 is 1.36 bits per heavy atom. The first-order valence-corrected chi connectivity index (χ1v) is 8.99. The van der Waals surface area contributed by atoms with E-state index in [0.29, 0.717) is 6.54 Å². The molecular formula is C17H18BrNO2S. The highest BCUT2D eigenvalue weighted by molar-refractivity contribution is 9.10. The lowest BCUT2D eigenvalue weighted by molar-refractivity contribution is -0.141. The maximum Gasteiger partial charge on any atom is 0.308 e. The highest BCUT2D eigenvalue weighted by Gasteiger charge is 2.40. The van der Waals surface area contributed by atoms with E-state index >= 15 is 0 Å². The van der Waals surface area contributed by atoms with Crippen molar-refractivity contribution >= 4 is 33.2 Å². The monoisotopic (exact) mass is 379 g/mol. The van der Waals surface area contributed by atoms with E-state index in [0.717, 1.165) is 15.9 Å². The Kier molecular flexibility index (Phi) is 4.66. The van der Waals surface area contributed by atoms with Gasteiger partial charge in [-0.1, -0.05) is 30.3 Å². The van der Waals surface area contributed by atoms with Gasteiger partial charge < -0.3 is 5.11 Å². The molecule has 3 atom stereocenters. The molecule has 1 saturated heterocycles. The maximum atomic E-state index is 11.7. The van der Waals surface area contributed by atoms with Crippen molar-refractivity contribution in [2.24, 2.45) is 5.92 Å². The molecule has 1 N–H and O–H groups in total. The lowest BCUT2D eigenvalue weighted by Gasteiger charge is -2.24. The molecule has 0 bridgehead atoms. The van der Waals surface area contributed by atoms with E-state index in [-0.39, 0.29) is 17.9 Å². The van der Waals surface area contributed by atoms with E-state index in [2.05, 4.69) is 46.0 Å². The van der Waals surface area contributed by atoms with Crippen LogP contribution < -0.4 is 0 Å². The number of rotatable bonds is 4. The molecule has 1 fully saturated rings. The summed E-state index contributed by atoms with van der Waals surface area (Å²) in [5, 5.41) is 11.6. The van der Waals surface area contributed by atoms with Crippen molar-refractivity contribution in [2.45, 2.75) is 18.9 Å². The molecule has 22 heavy (non-hydrogen) atoms. The van der Waals surface area contributed by atoms with Gasteiger partial charge in [0.25, 0.3) is 0 Å². The van der Waals surface area contributed by atoms with Gasteiger partial charge in [0.05, 0.1) is 5.92 Å². The molecule has 0 spiro atoms. The van der Waals surface area contributed by atoms with Crippen LogP contribution in [0, 0.1) is 5.92 Å². The van der Waals surface area contributed by atoms with Gasteiger partial charge in [-0.15, -0.1) is 11.3 Å². The predicted molar refractivity (Wildman–Crippen MR) is 92.3 cm³/mol. The molecule has 1 aliphatic heterocycles. The first kappa shape index (κ1) is 15.7. The van der Waals surface area contributed by atoms with Crippen LogP contribution in [0.25, 0.3) is 0 Å². The Hall–Kier alpha value is -1.17. The number of hydrogen-bond acceptors (Lipinski definition) is 3. The minimum absolute atomic E-state index is 0.0694. The molecule has 1 aliphatic rings. The number of benzene rings is 1. The molecule has 3 unspecified atom stereocenters. The Morgan fingerprint density at radius 2 is 2.09 bits per heavy atom. The summed E-state index contributed by atoms with van der Waals surface area (Å²) in [4.78, 5) is 15.1. The van der Waals surface area contributed by atoms with E-state index in [4.69, 9.17) is 0 Å². The standard InChI is InChI=1S/C17H18BrNO2S/c1-11(12-5-3-2-4-6-12)19-8-14(15(9-19)17(20)21)16-7-13(18)10-22-16/h2-7,10-11,14-15H,8-9H2,1H3,(H,20,21). The fraction of sp³-hybridized carbons (Fsp3) is 0.353. The smallest absolute Gasteiger partial charge is 0.308 e. The zero-order valence-corrected chi connectivity index (χ0v) is 14.7. The lowest BCUT2D eigenvalue weighted by atomic mass is 9.95. The Bertz CT molecular complexity index is 658. The van der Waals surface area contributed by atoms with Gasteiger partial charge in [-0.25, -0.2) is 0 Å². The third-order valence-electron chi connectivity index (χ3n) is 4.45. The average Bonchev–Trinajstić information content (AvgIpc) is 3.13. The molecule has 2 aromatic rings. The molecule has 1 aromatic carbocycles. The molecule has 1 aromatic heterocycles. The van der Waals surface area contributed by atoms with E-state index < -0.39 is 5.97 Å². The number of carboxylic acids is 1. The molecule has 5 heteroatoms. The van der Waals surface area contributed by atoms with Crippen LogP contribution in [0.5, 0.6) is 0 Å². The number of halogens is 1. The van der Waals surface area contributed by atoms with Crippen LogP contribution in [-0.2, 0) is 4.79 Å². The number of thiophene rings is 1. The average molecular weight is 380 g/mol. The molecular weight excluding hydrogens is 362 g/mol. The van der Waals surface area contributed by atoms with Crippen LogP contribution in [-0.4, -0.2) is 29.1 Å². The Morgan fingerprint density at radius 3 is 2.68 bits per heavy atom. The first-order chi connectivity index (χ1) is 10.6. The summed E-state index contributed by atoms with van der Waals surface area (Å²) in [5.41, 5.74) is 1.24. The molecule has 0 radical (unpaired) electrons. The van der Waals surface area contributed by atoms with Gasteiger partial charge in [-0.3, -0.25) is 9.69 Å². The van der Waals surface area contributed by atoms with Crippen molar-refractivity contribution < 1.29 is 9.90 Å². The Balaban J connectivity index is 1.83. The molecule has 3 nitrogen and oxygen atoms in total. The third-order valence-corrected chi connectivity index (χ3v) is 6.27. The summed E-state index contributed by atoms with van der Waals surface area (Å²) in [6.07, 6.45) is 0. The number of likely N-dealkylation sites (tertiary alicyclic amines) is 1. The fourth-order valence-corrected chi connectivity index (χ4v) is 4.76. The molecule has 0 saturated carbocycles. The summed E-state index contributed by atoms with van der Waals surface area (Å²) in [6, 6.07) is 12.6. The van der Waals surface area contributed by atoms with Crippen molar-refractivity contribution in [1.82, 2.24) is 4.90 Å². The molecule has 2 heterocycles. The zero-order chi connectivity index (χ0) is 15.7. The van der Waals surface area contributed by atoms with Crippen molar-refractivity contribution in [3.63, 3.8) is 0 Å². The van der Waals surface area contributed by atoms with Crippen LogP contribution in [0.3, 0.4) is 0 Å². The number of carbonyl (C=O) groups is 1. The van der Waals surface area contributed by atoms with E-state index in [1.54, 1.807) is 11.3 Å². The number of nitrogens with zero attached hydrogens (tertiary/aromatic N) is 1. The minimum Gasteiger partial charge on any atom is -0.481 e. The number of carboxylic acid groups (broad SMARTS) is 1. The normalized spacial score (nSPS) is 23.5. The van der Waals surface area contributed by atoms with Crippen molar-refractivity contribution in [2.75, 3.05) is 13.1 Å². The van der Waals surface area contributed by atoms with Gasteiger partial charge >= 0.3 is 5.97 Å². The van der Waals surface area contributed by atoms with E-state index in [1.807, 2.05) is 23.6 Å². The highest BCUT2D eigenvalue weighted by atomic mass is 79.9. The second-order valence-electron chi connectivity index (χ2n) is 5.76. The molecule has 116 valence electrons. The van der Waals surface area contributed by atoms with E-state index in [1.165, 1.54) is 5.56 Å². The zero-order valence-electron chi connectivity index (χ0n) is 12.3. The highest BCUT2D eigenvalue weighted by Crippen LogP contribution is 2.40. The summed E-state index contributed by atoms with van der Waals surface area (Å²) in [6.45, 7) is 3.55. The second kappa shape index (κ2) is 6.52. The first-order valence-electron chi connectivity index (χ1n) is 7.32. The molecule has 0 amide bonds. The molecule has 3 rings (SSSR count). The van der Waals surface area contributed by atoms with Crippen LogP contribution in [0.4, 0.5) is 0 Å². The number of aliphatic carboxylic acids is 1. The summed E-state index contributed by atoms with van der Waals surface area (Å²) in [5.74, 6) is -0.964. The van der Waals surface area contributed by atoms with Crippen molar-refractivity contribution in [3.8, 4) is 0 Å². The number of hydrogen-bond donors (Lipinski definition) is 1. The lowest BCUT2D eigenvalue weighted by Crippen LogP contribution is -2.26. The quantitative estimate of drug-likeness (QED) is 0.856. The van der Waals surface area contributed by atoms with Crippen LogP contribution in [0.1, 0.15) is 29.3 Å². The van der Waals surface area contributed by atoms with Crippen molar-refractivity contribution in [1.29, 1.82) is 0 Å². The van der Waals surface area contributed by atoms with Crippen LogP contribution >= 0.6 is 27.3 Å². The van der Waals surface area contributed by atoms with Gasteiger partial charge in [0.2, 0.25) is 0 Å². The van der Waals surface area contributed by atoms with Gasteiger partial charge in [0.1, 0.15) is 0 Å². The van der Waals surface area contributed by atoms with Crippen molar-refractivity contribution in [3.05, 3.63) is 56.7 Å². The fourth-order valence-electron chi connectivity index (χ4n) is 3.15. The SMILES string of the molecule is CC(c1ccccc1)N1CC(C(=O)O)C(c2cc(Br)cs2)C1. The second-order valence-corrected chi connectivity index (χ2v) is 7.62. The third kappa shape index (κ3) is 3.12. The molecule has 0 aliphatic carbocycles. The van der Waals surface area contributed by atoms with Gasteiger partial charge in [0, 0.05) is 39.8 Å². The van der Waals surface area contributed by atoms with Gasteiger partial charge in [0.15, 0.2) is 0 Å². The predicted octanol–water partition coefficient (Wildman–Crippen LogP) is 4.37. The van der Waals surface area contributed by atoms with Crippen LogP contribution in [0.2, 0.25) is 0 Å². The summed E-state index contributed by atoms with van der Waals surface area (Å²) in [7, 11) is 0. The maximum absolute atomic E-state index is 11.7. The van der Waals surface area contributed by atoms with E-state index in [9.17, 15) is 9.90 Å². The Labute approximate surface area is 142 Å². The summed E-state index contributed by atoms with van der Waals surface area (Å²) < 4.78 is 1.03. The topological polar surface area (TPSA) is 40.5 Å². The van der Waals surface area contributed by atoms with Crippen LogP contribution in [0.15, 0.2) is 46.3 Å².